The van der Waals surface area contributed by atoms with Crippen molar-refractivity contribution >= 4 is 11.9 Å². The maximum Gasteiger partial charge on any atom is 0.416 e. The molecule has 0 fully saturated rings. The number of rotatable bonds is 3. The number of benzene rings is 1. The monoisotopic (exact) mass is 264 g/mol. The van der Waals surface area contributed by atoms with Crippen LogP contribution in [0.25, 0.3) is 0 Å². The van der Waals surface area contributed by atoms with Gasteiger partial charge in [-0.2, -0.15) is 13.2 Å². The zero-order valence-electron chi connectivity index (χ0n) is 8.45. The molecule has 1 aromatic rings. The van der Waals surface area contributed by atoms with Crippen molar-refractivity contribution in [2.24, 2.45) is 0 Å². The lowest BCUT2D eigenvalue weighted by molar-refractivity contribution is -0.326. The molecule has 0 spiro atoms. The third-order valence-electron chi connectivity index (χ3n) is 2.10. The Morgan fingerprint density at radius 1 is 1.11 bits per heavy atom. The second kappa shape index (κ2) is 4.63. The standard InChI is InChI=1S/C10H6F4O4/c11-4-1-2-6(10(12,13)14)5(3-4)7(8(15)16)9(17)18/h1-3,7H,(H,15,16)(H,17,18)/p-2. The first kappa shape index (κ1) is 13.9. The van der Waals surface area contributed by atoms with Crippen LogP contribution in [0.5, 0.6) is 0 Å². The molecule has 0 saturated heterocycles. The number of carboxylic acids is 2. The van der Waals surface area contributed by atoms with Crippen LogP contribution in [0.1, 0.15) is 17.0 Å². The van der Waals surface area contributed by atoms with Gasteiger partial charge in [0.05, 0.1) is 23.4 Å². The summed E-state index contributed by atoms with van der Waals surface area (Å²) in [4.78, 5) is 21.0. The predicted molar refractivity (Wildman–Crippen MR) is 44.2 cm³/mol. The highest BCUT2D eigenvalue weighted by molar-refractivity contribution is 5.97. The Kier molecular flexibility index (Phi) is 3.59. The fraction of sp³-hybridized carbons (Fsp3) is 0.200. The molecule has 1 aromatic carbocycles. The fourth-order valence-electron chi connectivity index (χ4n) is 1.38. The summed E-state index contributed by atoms with van der Waals surface area (Å²) < 4.78 is 50.4. The van der Waals surface area contributed by atoms with Crippen LogP contribution in [0.3, 0.4) is 0 Å². The second-order valence-electron chi connectivity index (χ2n) is 3.30. The summed E-state index contributed by atoms with van der Waals surface area (Å²) in [5.41, 5.74) is -2.83. The maximum absolute atomic E-state index is 12.8. The van der Waals surface area contributed by atoms with Gasteiger partial charge in [-0.1, -0.05) is 0 Å². The normalized spacial score (nSPS) is 11.6. The van der Waals surface area contributed by atoms with E-state index in [4.69, 9.17) is 0 Å². The first-order valence-electron chi connectivity index (χ1n) is 4.43. The number of hydrogen-bond acceptors (Lipinski definition) is 4. The van der Waals surface area contributed by atoms with E-state index in [0.717, 1.165) is 0 Å². The van der Waals surface area contributed by atoms with Crippen LogP contribution in [-0.4, -0.2) is 11.9 Å². The molecule has 0 aliphatic carbocycles. The van der Waals surface area contributed by atoms with E-state index in [1.807, 2.05) is 0 Å². The Morgan fingerprint density at radius 2 is 1.61 bits per heavy atom. The Hall–Kier alpha value is -2.12. The van der Waals surface area contributed by atoms with Crippen LogP contribution in [0.2, 0.25) is 0 Å². The lowest BCUT2D eigenvalue weighted by atomic mass is 9.94. The Labute approximate surface area is 97.5 Å². The molecule has 0 N–H and O–H groups in total. The number of carbonyl (C=O) groups is 2. The van der Waals surface area contributed by atoms with E-state index in [2.05, 4.69) is 0 Å². The predicted octanol–water partition coefficient (Wildman–Crippen LogP) is -0.572. The van der Waals surface area contributed by atoms with Crippen molar-refractivity contribution in [3.8, 4) is 0 Å². The molecule has 0 unspecified atom stereocenters. The molecule has 98 valence electrons. The molecule has 0 aromatic heterocycles. The van der Waals surface area contributed by atoms with Crippen molar-refractivity contribution in [2.45, 2.75) is 12.1 Å². The van der Waals surface area contributed by atoms with Crippen LogP contribution in [0.15, 0.2) is 18.2 Å². The lowest BCUT2D eigenvalue weighted by Crippen LogP contribution is -2.42. The summed E-state index contributed by atoms with van der Waals surface area (Å²) in [6.07, 6.45) is -5.02. The van der Waals surface area contributed by atoms with Crippen LogP contribution >= 0.6 is 0 Å². The molecule has 0 atom stereocenters. The molecule has 18 heavy (non-hydrogen) atoms. The Bertz CT molecular complexity index is 481. The molecule has 4 nitrogen and oxygen atoms in total. The molecule has 0 bridgehead atoms. The number of halogens is 4. The molecule has 0 saturated carbocycles. The van der Waals surface area contributed by atoms with Crippen molar-refractivity contribution in [1.82, 2.24) is 0 Å². The molecule has 1 rings (SSSR count). The van der Waals surface area contributed by atoms with Crippen LogP contribution in [-0.2, 0) is 15.8 Å². The van der Waals surface area contributed by atoms with Gasteiger partial charge in [-0.25, -0.2) is 4.39 Å². The summed E-state index contributed by atoms with van der Waals surface area (Å²) in [6.45, 7) is 0. The number of carbonyl (C=O) groups excluding carboxylic acids is 2. The first-order valence-corrected chi connectivity index (χ1v) is 4.43. The van der Waals surface area contributed by atoms with E-state index in [0.29, 0.717) is 6.07 Å². The quantitative estimate of drug-likeness (QED) is 0.540. The highest BCUT2D eigenvalue weighted by atomic mass is 19.4. The molecule has 0 heterocycles. The van der Waals surface area contributed by atoms with Crippen molar-refractivity contribution in [3.63, 3.8) is 0 Å². The van der Waals surface area contributed by atoms with Crippen LogP contribution in [0, 0.1) is 5.82 Å². The van der Waals surface area contributed by atoms with Crippen molar-refractivity contribution in [3.05, 3.63) is 35.1 Å². The molecule has 0 radical (unpaired) electrons. The molecule has 0 aliphatic rings. The topological polar surface area (TPSA) is 80.3 Å². The average molecular weight is 264 g/mol. The summed E-state index contributed by atoms with van der Waals surface area (Å²) in [5.74, 6) is -8.53. The van der Waals surface area contributed by atoms with Gasteiger partial charge in [-0.05, 0) is 23.8 Å². The second-order valence-corrected chi connectivity index (χ2v) is 3.30. The van der Waals surface area contributed by atoms with Gasteiger partial charge in [-0.15, -0.1) is 0 Å². The third kappa shape index (κ3) is 2.76. The smallest absolute Gasteiger partial charge is 0.416 e. The highest BCUT2D eigenvalue weighted by Gasteiger charge is 2.36. The lowest BCUT2D eigenvalue weighted by Gasteiger charge is -2.23. The summed E-state index contributed by atoms with van der Waals surface area (Å²) >= 11 is 0. The number of hydrogen-bond donors (Lipinski definition) is 0. The van der Waals surface area contributed by atoms with E-state index < -0.39 is 41.0 Å². The van der Waals surface area contributed by atoms with E-state index >= 15 is 0 Å². The molecule has 0 amide bonds. The van der Waals surface area contributed by atoms with Gasteiger partial charge in [0, 0.05) is 0 Å². The molecule has 8 heteroatoms. The van der Waals surface area contributed by atoms with Gasteiger partial charge in [0.15, 0.2) is 0 Å². The maximum atomic E-state index is 12.8. The van der Waals surface area contributed by atoms with E-state index in [9.17, 15) is 37.4 Å². The van der Waals surface area contributed by atoms with E-state index in [1.54, 1.807) is 0 Å². The zero-order valence-corrected chi connectivity index (χ0v) is 8.45. The van der Waals surface area contributed by atoms with Crippen molar-refractivity contribution in [2.75, 3.05) is 0 Å². The third-order valence-corrected chi connectivity index (χ3v) is 2.10. The minimum absolute atomic E-state index is 0.180. The van der Waals surface area contributed by atoms with Crippen molar-refractivity contribution in [1.29, 1.82) is 0 Å². The van der Waals surface area contributed by atoms with E-state index in [-0.39, 0.29) is 12.1 Å². The van der Waals surface area contributed by atoms with Gasteiger partial charge in [0.2, 0.25) is 0 Å². The van der Waals surface area contributed by atoms with Gasteiger partial charge in [0.1, 0.15) is 5.82 Å². The summed E-state index contributed by atoms with van der Waals surface area (Å²) in [7, 11) is 0. The molecular weight excluding hydrogens is 260 g/mol. The highest BCUT2D eigenvalue weighted by Crippen LogP contribution is 2.35. The first-order chi connectivity index (χ1) is 8.14. The fourth-order valence-corrected chi connectivity index (χ4v) is 1.38. The van der Waals surface area contributed by atoms with Crippen LogP contribution in [0.4, 0.5) is 17.6 Å². The van der Waals surface area contributed by atoms with E-state index in [1.165, 1.54) is 0 Å². The van der Waals surface area contributed by atoms with Crippen LogP contribution < -0.4 is 10.2 Å². The molecule has 0 aliphatic heterocycles. The number of alkyl halides is 3. The number of carboxylic acid groups (broad SMARTS) is 2. The number of aliphatic carboxylic acids is 2. The Balaban J connectivity index is 3.50. The van der Waals surface area contributed by atoms with Gasteiger partial charge < -0.3 is 19.8 Å². The van der Waals surface area contributed by atoms with Crippen molar-refractivity contribution < 1.29 is 37.4 Å². The van der Waals surface area contributed by atoms with Gasteiger partial charge in [-0.3, -0.25) is 0 Å². The minimum atomic E-state index is -5.02. The van der Waals surface area contributed by atoms with Gasteiger partial charge >= 0.3 is 6.18 Å². The molecular formula is C10H4F4O4-2. The average Bonchev–Trinajstić information content (AvgIpc) is 2.13. The summed E-state index contributed by atoms with van der Waals surface area (Å²) in [6, 6.07) is 0.872. The SMILES string of the molecule is O=C([O-])C(C(=O)[O-])c1cc(F)ccc1C(F)(F)F. The largest absolute Gasteiger partial charge is 0.549 e. The van der Waals surface area contributed by atoms with Gasteiger partial charge in [0.25, 0.3) is 0 Å². The minimum Gasteiger partial charge on any atom is -0.549 e. The summed E-state index contributed by atoms with van der Waals surface area (Å²) in [5, 5.41) is 21.0. The Morgan fingerprint density at radius 3 is 2.00 bits per heavy atom. The zero-order chi connectivity index (χ0) is 14.1.